The Morgan fingerprint density at radius 2 is 2.04 bits per heavy atom. The number of rotatable bonds is 7. The number of thiophene rings is 1. The monoisotopic (exact) mass is 360 g/mol. The zero-order valence-corrected chi connectivity index (χ0v) is 14.2. The van der Waals surface area contributed by atoms with Crippen LogP contribution in [0.5, 0.6) is 0 Å². The zero-order chi connectivity index (χ0) is 18.2. The third-order valence-corrected chi connectivity index (χ3v) is 4.26. The molecule has 2 aromatic rings. The molecule has 2 rings (SSSR count). The summed E-state index contributed by atoms with van der Waals surface area (Å²) in [6.45, 7) is 1.47. The van der Waals surface area contributed by atoms with Crippen molar-refractivity contribution in [3.8, 4) is 0 Å². The van der Waals surface area contributed by atoms with Crippen molar-refractivity contribution in [2.24, 2.45) is 0 Å². The highest BCUT2D eigenvalue weighted by molar-refractivity contribution is 7.10. The second-order valence-electron chi connectivity index (χ2n) is 5.09. The maximum absolute atomic E-state index is 11.8. The van der Waals surface area contributed by atoms with Crippen LogP contribution in [0.1, 0.15) is 23.4 Å². The highest BCUT2D eigenvalue weighted by Gasteiger charge is 2.11. The van der Waals surface area contributed by atoms with Gasteiger partial charge >= 0.3 is 5.97 Å². The predicted octanol–water partition coefficient (Wildman–Crippen LogP) is 3.09. The summed E-state index contributed by atoms with van der Waals surface area (Å²) < 4.78 is 4.86. The molecule has 0 aliphatic heterocycles. The minimum atomic E-state index is -0.669. The molecule has 0 saturated carbocycles. The Hall–Kier alpha value is -3.00. The molecule has 1 amide bonds. The van der Waals surface area contributed by atoms with Gasteiger partial charge in [0.2, 0.25) is 0 Å². The van der Waals surface area contributed by atoms with E-state index in [1.165, 1.54) is 41.7 Å². The molecule has 0 bridgehead atoms. The molecule has 0 aliphatic carbocycles. The lowest BCUT2D eigenvalue weighted by molar-refractivity contribution is -0.384. The first-order valence-electron chi connectivity index (χ1n) is 7.38. The molecule has 0 fully saturated rings. The molecule has 0 spiro atoms. The molecule has 1 heterocycles. The van der Waals surface area contributed by atoms with E-state index in [1.807, 2.05) is 24.4 Å². The fourth-order valence-electron chi connectivity index (χ4n) is 1.95. The normalized spacial score (nSPS) is 11.9. The summed E-state index contributed by atoms with van der Waals surface area (Å²) in [5.41, 5.74) is 0.578. The van der Waals surface area contributed by atoms with E-state index in [1.54, 1.807) is 0 Å². The van der Waals surface area contributed by atoms with Crippen LogP contribution in [-0.2, 0) is 14.3 Å². The maximum atomic E-state index is 11.8. The van der Waals surface area contributed by atoms with Crippen LogP contribution in [0.15, 0.2) is 47.9 Å². The molecule has 0 unspecified atom stereocenters. The number of nitro benzene ring substituents is 1. The van der Waals surface area contributed by atoms with Crippen LogP contribution >= 0.6 is 11.3 Å². The Labute approximate surface area is 148 Å². The maximum Gasteiger partial charge on any atom is 0.331 e. The number of hydrogen-bond donors (Lipinski definition) is 1. The van der Waals surface area contributed by atoms with Crippen LogP contribution in [0, 0.1) is 10.1 Å². The Bertz CT molecular complexity index is 769. The van der Waals surface area contributed by atoms with Crippen LogP contribution in [0.2, 0.25) is 0 Å². The van der Waals surface area contributed by atoms with Gasteiger partial charge in [0.05, 0.1) is 11.0 Å². The van der Waals surface area contributed by atoms with E-state index in [4.69, 9.17) is 4.74 Å². The van der Waals surface area contributed by atoms with Gasteiger partial charge in [0.1, 0.15) is 0 Å². The van der Waals surface area contributed by atoms with Crippen molar-refractivity contribution in [2.45, 2.75) is 13.0 Å². The second-order valence-corrected chi connectivity index (χ2v) is 6.07. The molecule has 0 saturated heterocycles. The lowest BCUT2D eigenvalue weighted by Gasteiger charge is -2.11. The van der Waals surface area contributed by atoms with Gasteiger partial charge in [-0.2, -0.15) is 0 Å². The molecule has 25 heavy (non-hydrogen) atoms. The third kappa shape index (κ3) is 5.85. The summed E-state index contributed by atoms with van der Waals surface area (Å²) in [5.74, 6) is -1.06. The van der Waals surface area contributed by atoms with E-state index in [9.17, 15) is 19.7 Å². The van der Waals surface area contributed by atoms with Crippen LogP contribution < -0.4 is 5.32 Å². The van der Waals surface area contributed by atoms with Gasteiger partial charge in [-0.25, -0.2) is 4.79 Å². The lowest BCUT2D eigenvalue weighted by atomic mass is 10.2. The number of benzene rings is 1. The summed E-state index contributed by atoms with van der Waals surface area (Å²) in [4.78, 5) is 34.4. The van der Waals surface area contributed by atoms with Gasteiger partial charge < -0.3 is 10.1 Å². The molecule has 8 heteroatoms. The minimum Gasteiger partial charge on any atom is -0.452 e. The number of non-ortho nitro benzene ring substituents is 1. The quantitative estimate of drug-likeness (QED) is 0.354. The van der Waals surface area contributed by atoms with Gasteiger partial charge in [0.25, 0.3) is 11.6 Å². The number of nitrogens with one attached hydrogen (secondary N) is 1. The number of carbonyl (C=O) groups excluding carboxylic acids is 2. The SMILES string of the molecule is C[C@@H](NC(=O)COC(=O)/C=C/c1ccc([N+](=O)[O-])cc1)c1cccs1. The minimum absolute atomic E-state index is 0.0312. The number of amides is 1. The fraction of sp³-hybridized carbons (Fsp3) is 0.176. The predicted molar refractivity (Wildman–Crippen MR) is 94.0 cm³/mol. The number of nitrogens with zero attached hydrogens (tertiary/aromatic N) is 1. The first-order chi connectivity index (χ1) is 12.0. The van der Waals surface area contributed by atoms with E-state index >= 15 is 0 Å². The van der Waals surface area contributed by atoms with E-state index in [-0.39, 0.29) is 18.3 Å². The van der Waals surface area contributed by atoms with Crippen molar-refractivity contribution >= 4 is 35.0 Å². The Balaban J connectivity index is 1.77. The summed E-state index contributed by atoms with van der Waals surface area (Å²) >= 11 is 1.53. The number of nitro groups is 1. The molecule has 1 aromatic carbocycles. The second kappa shape index (κ2) is 8.74. The number of hydrogen-bond acceptors (Lipinski definition) is 6. The summed E-state index contributed by atoms with van der Waals surface area (Å²) in [6.07, 6.45) is 2.62. The molecule has 130 valence electrons. The van der Waals surface area contributed by atoms with E-state index in [0.717, 1.165) is 11.0 Å². The van der Waals surface area contributed by atoms with Gasteiger partial charge in [0.15, 0.2) is 6.61 Å². The molecule has 1 N–H and O–H groups in total. The van der Waals surface area contributed by atoms with E-state index in [2.05, 4.69) is 5.32 Å². The van der Waals surface area contributed by atoms with Gasteiger partial charge in [-0.15, -0.1) is 11.3 Å². The summed E-state index contributed by atoms with van der Waals surface area (Å²) in [5, 5.41) is 15.2. The van der Waals surface area contributed by atoms with Crippen LogP contribution in [-0.4, -0.2) is 23.4 Å². The van der Waals surface area contributed by atoms with Crippen LogP contribution in [0.25, 0.3) is 6.08 Å². The van der Waals surface area contributed by atoms with Crippen molar-refractivity contribution in [2.75, 3.05) is 6.61 Å². The average Bonchev–Trinajstić information content (AvgIpc) is 3.13. The Morgan fingerprint density at radius 3 is 2.64 bits per heavy atom. The molecule has 1 aromatic heterocycles. The molecular weight excluding hydrogens is 344 g/mol. The third-order valence-electron chi connectivity index (χ3n) is 3.21. The number of ether oxygens (including phenoxy) is 1. The zero-order valence-electron chi connectivity index (χ0n) is 13.4. The van der Waals surface area contributed by atoms with Gasteiger partial charge in [-0.1, -0.05) is 6.07 Å². The van der Waals surface area contributed by atoms with E-state index < -0.39 is 16.8 Å². The highest BCUT2D eigenvalue weighted by atomic mass is 32.1. The first kappa shape index (κ1) is 18.3. The van der Waals surface area contributed by atoms with Crippen molar-refractivity contribution in [3.05, 3.63) is 68.4 Å². The Kier molecular flexibility index (Phi) is 6.41. The molecule has 1 atom stereocenters. The van der Waals surface area contributed by atoms with Gasteiger partial charge in [-0.3, -0.25) is 14.9 Å². The van der Waals surface area contributed by atoms with Gasteiger partial charge in [0, 0.05) is 23.1 Å². The topological polar surface area (TPSA) is 98.5 Å². The molecule has 7 nitrogen and oxygen atoms in total. The largest absolute Gasteiger partial charge is 0.452 e. The van der Waals surface area contributed by atoms with Gasteiger partial charge in [-0.05, 0) is 42.1 Å². The number of esters is 1. The molecule has 0 radical (unpaired) electrons. The Morgan fingerprint density at radius 1 is 1.32 bits per heavy atom. The summed E-state index contributed by atoms with van der Waals surface area (Å²) in [6, 6.07) is 9.35. The highest BCUT2D eigenvalue weighted by Crippen LogP contribution is 2.17. The van der Waals surface area contributed by atoms with Crippen molar-refractivity contribution < 1.29 is 19.2 Å². The van der Waals surface area contributed by atoms with Crippen molar-refractivity contribution in [1.82, 2.24) is 5.32 Å². The smallest absolute Gasteiger partial charge is 0.331 e. The average molecular weight is 360 g/mol. The number of carbonyl (C=O) groups is 2. The van der Waals surface area contributed by atoms with Crippen LogP contribution in [0.3, 0.4) is 0 Å². The first-order valence-corrected chi connectivity index (χ1v) is 8.25. The van der Waals surface area contributed by atoms with Crippen molar-refractivity contribution in [1.29, 1.82) is 0 Å². The van der Waals surface area contributed by atoms with Crippen LogP contribution in [0.4, 0.5) is 5.69 Å². The van der Waals surface area contributed by atoms with Crippen molar-refractivity contribution in [3.63, 3.8) is 0 Å². The molecular formula is C17H16N2O5S. The standard InChI is InChI=1S/C17H16N2O5S/c1-12(15-3-2-10-25-15)18-16(20)11-24-17(21)9-6-13-4-7-14(8-5-13)19(22)23/h2-10,12H,11H2,1H3,(H,18,20)/b9-6+/t12-/m1/s1. The summed E-state index contributed by atoms with van der Waals surface area (Å²) in [7, 11) is 0. The fourth-order valence-corrected chi connectivity index (χ4v) is 2.68. The molecule has 0 aliphatic rings. The van der Waals surface area contributed by atoms with E-state index in [0.29, 0.717) is 5.56 Å². The lowest BCUT2D eigenvalue weighted by Crippen LogP contribution is -2.30.